The molecule has 0 aliphatic carbocycles. The maximum absolute atomic E-state index is 12.5. The van der Waals surface area contributed by atoms with Crippen LogP contribution in [-0.2, 0) is 10.0 Å². The van der Waals surface area contributed by atoms with Crippen LogP contribution in [0.4, 0.5) is 17.2 Å². The summed E-state index contributed by atoms with van der Waals surface area (Å²) >= 11 is 0. The lowest BCUT2D eigenvalue weighted by atomic mass is 10.3. The fraction of sp³-hybridized carbons (Fsp3) is 0.150. The first-order chi connectivity index (χ1) is 13.5. The SMILES string of the molecule is CCOc1ccc(Nc2ccc(NS(=O)(=O)c3ccc(OC)cc3)cn2)cc1. The van der Waals surface area contributed by atoms with Crippen molar-refractivity contribution in [3.63, 3.8) is 0 Å². The molecule has 7 nitrogen and oxygen atoms in total. The summed E-state index contributed by atoms with van der Waals surface area (Å²) in [5.74, 6) is 1.98. The number of methoxy groups -OCH3 is 1. The Morgan fingerprint density at radius 3 is 2.11 bits per heavy atom. The number of anilines is 3. The van der Waals surface area contributed by atoms with Crippen LogP contribution in [0.3, 0.4) is 0 Å². The Kier molecular flexibility index (Phi) is 6.00. The maximum atomic E-state index is 12.5. The fourth-order valence-corrected chi connectivity index (χ4v) is 3.49. The molecule has 1 heterocycles. The minimum atomic E-state index is -3.70. The third-order valence-corrected chi connectivity index (χ3v) is 5.22. The van der Waals surface area contributed by atoms with Gasteiger partial charge in [-0.2, -0.15) is 0 Å². The van der Waals surface area contributed by atoms with Crippen LogP contribution in [0.5, 0.6) is 11.5 Å². The summed E-state index contributed by atoms with van der Waals surface area (Å²) in [4.78, 5) is 4.39. The van der Waals surface area contributed by atoms with Gasteiger partial charge in [-0.3, -0.25) is 4.72 Å². The summed E-state index contributed by atoms with van der Waals surface area (Å²) in [6.07, 6.45) is 1.46. The van der Waals surface area contributed by atoms with Crippen molar-refractivity contribution in [2.75, 3.05) is 23.8 Å². The fourth-order valence-electron chi connectivity index (χ4n) is 2.45. The van der Waals surface area contributed by atoms with Crippen molar-refractivity contribution in [2.24, 2.45) is 0 Å². The van der Waals surface area contributed by atoms with Gasteiger partial charge < -0.3 is 14.8 Å². The molecule has 3 aromatic rings. The molecule has 0 spiro atoms. The summed E-state index contributed by atoms with van der Waals surface area (Å²) in [5.41, 5.74) is 1.22. The third-order valence-electron chi connectivity index (χ3n) is 3.82. The minimum Gasteiger partial charge on any atom is -0.497 e. The van der Waals surface area contributed by atoms with E-state index in [4.69, 9.17) is 9.47 Å². The highest BCUT2D eigenvalue weighted by Gasteiger charge is 2.14. The van der Waals surface area contributed by atoms with Crippen molar-refractivity contribution in [3.05, 3.63) is 66.9 Å². The molecule has 2 aromatic carbocycles. The van der Waals surface area contributed by atoms with E-state index >= 15 is 0 Å². The molecular formula is C20H21N3O4S. The molecule has 0 aliphatic heterocycles. The van der Waals surface area contributed by atoms with E-state index in [-0.39, 0.29) is 4.90 Å². The van der Waals surface area contributed by atoms with Gasteiger partial charge in [-0.25, -0.2) is 13.4 Å². The molecule has 0 fully saturated rings. The normalized spacial score (nSPS) is 10.9. The van der Waals surface area contributed by atoms with Crippen molar-refractivity contribution in [1.82, 2.24) is 4.98 Å². The summed E-state index contributed by atoms with van der Waals surface area (Å²) < 4.78 is 37.9. The average molecular weight is 399 g/mol. The Bertz CT molecular complexity index is 1000. The van der Waals surface area contributed by atoms with Crippen LogP contribution in [0.25, 0.3) is 0 Å². The van der Waals surface area contributed by atoms with Crippen LogP contribution >= 0.6 is 0 Å². The molecule has 0 bridgehead atoms. The second-order valence-electron chi connectivity index (χ2n) is 5.80. The standard InChI is InChI=1S/C20H21N3O4S/c1-3-27-18-7-4-15(5-8-18)22-20-13-6-16(14-21-20)23-28(24,25)19-11-9-17(26-2)10-12-19/h4-14,23H,3H2,1-2H3,(H,21,22). The van der Waals surface area contributed by atoms with E-state index in [9.17, 15) is 8.42 Å². The minimum absolute atomic E-state index is 0.143. The number of nitrogens with one attached hydrogen (secondary N) is 2. The van der Waals surface area contributed by atoms with Crippen LogP contribution in [0.2, 0.25) is 0 Å². The monoisotopic (exact) mass is 399 g/mol. The largest absolute Gasteiger partial charge is 0.497 e. The molecule has 0 radical (unpaired) electrons. The molecule has 0 unspecified atom stereocenters. The zero-order chi connectivity index (χ0) is 20.0. The van der Waals surface area contributed by atoms with Gasteiger partial charge in [0.05, 0.1) is 30.5 Å². The van der Waals surface area contributed by atoms with Gasteiger partial charge in [0.2, 0.25) is 0 Å². The highest BCUT2D eigenvalue weighted by Crippen LogP contribution is 2.22. The first kappa shape index (κ1) is 19.5. The number of aromatic nitrogens is 1. The van der Waals surface area contributed by atoms with E-state index in [1.807, 2.05) is 31.2 Å². The first-order valence-electron chi connectivity index (χ1n) is 8.63. The Morgan fingerprint density at radius 1 is 0.893 bits per heavy atom. The van der Waals surface area contributed by atoms with Crippen molar-refractivity contribution in [1.29, 1.82) is 0 Å². The summed E-state index contributed by atoms with van der Waals surface area (Å²) in [5, 5.41) is 3.15. The molecule has 28 heavy (non-hydrogen) atoms. The molecular weight excluding hydrogens is 378 g/mol. The number of rotatable bonds is 8. The molecule has 146 valence electrons. The Hall–Kier alpha value is -3.26. The van der Waals surface area contributed by atoms with Gasteiger partial charge in [0.15, 0.2) is 0 Å². The van der Waals surface area contributed by atoms with Gasteiger partial charge in [0.1, 0.15) is 17.3 Å². The average Bonchev–Trinajstić information content (AvgIpc) is 2.71. The molecule has 0 atom stereocenters. The van der Waals surface area contributed by atoms with Crippen molar-refractivity contribution >= 4 is 27.2 Å². The zero-order valence-electron chi connectivity index (χ0n) is 15.5. The van der Waals surface area contributed by atoms with E-state index in [2.05, 4.69) is 15.0 Å². The van der Waals surface area contributed by atoms with Crippen LogP contribution in [0.1, 0.15) is 6.92 Å². The van der Waals surface area contributed by atoms with Crippen molar-refractivity contribution in [3.8, 4) is 11.5 Å². The second-order valence-corrected chi connectivity index (χ2v) is 7.48. The molecule has 3 rings (SSSR count). The van der Waals surface area contributed by atoms with Gasteiger partial charge in [0.25, 0.3) is 10.0 Å². The molecule has 0 amide bonds. The summed E-state index contributed by atoms with van der Waals surface area (Å²) in [7, 11) is -2.18. The van der Waals surface area contributed by atoms with Gasteiger partial charge >= 0.3 is 0 Å². The highest BCUT2D eigenvalue weighted by molar-refractivity contribution is 7.92. The zero-order valence-corrected chi connectivity index (χ0v) is 16.4. The van der Waals surface area contributed by atoms with E-state index < -0.39 is 10.0 Å². The molecule has 0 saturated carbocycles. The number of benzene rings is 2. The lowest BCUT2D eigenvalue weighted by Crippen LogP contribution is -2.13. The molecule has 2 N–H and O–H groups in total. The van der Waals surface area contributed by atoms with E-state index in [0.29, 0.717) is 23.9 Å². The number of nitrogens with zero attached hydrogens (tertiary/aromatic N) is 1. The molecule has 0 aliphatic rings. The van der Waals surface area contributed by atoms with Gasteiger partial charge in [0, 0.05) is 5.69 Å². The Labute approximate surface area is 164 Å². The summed E-state index contributed by atoms with van der Waals surface area (Å²) in [6.45, 7) is 2.54. The van der Waals surface area contributed by atoms with E-state index in [0.717, 1.165) is 11.4 Å². The maximum Gasteiger partial charge on any atom is 0.261 e. The third kappa shape index (κ3) is 4.92. The van der Waals surface area contributed by atoms with Crippen molar-refractivity contribution < 1.29 is 17.9 Å². The van der Waals surface area contributed by atoms with Gasteiger partial charge in [-0.1, -0.05) is 0 Å². The molecule has 1 aromatic heterocycles. The van der Waals surface area contributed by atoms with Crippen LogP contribution in [-0.4, -0.2) is 27.1 Å². The number of sulfonamides is 1. The number of ether oxygens (including phenoxy) is 2. The van der Waals surface area contributed by atoms with Crippen LogP contribution in [0.15, 0.2) is 71.8 Å². The Balaban J connectivity index is 1.66. The highest BCUT2D eigenvalue weighted by atomic mass is 32.2. The van der Waals surface area contributed by atoms with Crippen LogP contribution in [0, 0.1) is 0 Å². The predicted molar refractivity (Wildman–Crippen MR) is 109 cm³/mol. The first-order valence-corrected chi connectivity index (χ1v) is 10.1. The lowest BCUT2D eigenvalue weighted by Gasteiger charge is -2.10. The van der Waals surface area contributed by atoms with Crippen LogP contribution < -0.4 is 19.5 Å². The number of pyridine rings is 1. The number of hydrogen-bond acceptors (Lipinski definition) is 6. The lowest BCUT2D eigenvalue weighted by molar-refractivity contribution is 0.340. The molecule has 0 saturated heterocycles. The topological polar surface area (TPSA) is 89.6 Å². The second kappa shape index (κ2) is 8.62. The summed E-state index contributed by atoms with van der Waals surface area (Å²) in [6, 6.07) is 17.0. The number of hydrogen-bond donors (Lipinski definition) is 2. The van der Waals surface area contributed by atoms with Gasteiger partial charge in [-0.15, -0.1) is 0 Å². The van der Waals surface area contributed by atoms with E-state index in [1.165, 1.54) is 25.4 Å². The predicted octanol–water partition coefficient (Wildman–Crippen LogP) is 4.03. The van der Waals surface area contributed by atoms with E-state index in [1.54, 1.807) is 24.3 Å². The van der Waals surface area contributed by atoms with Gasteiger partial charge in [-0.05, 0) is 67.6 Å². The van der Waals surface area contributed by atoms with Crippen molar-refractivity contribution in [2.45, 2.75) is 11.8 Å². The smallest absolute Gasteiger partial charge is 0.261 e. The molecule has 8 heteroatoms. The Morgan fingerprint density at radius 2 is 1.54 bits per heavy atom. The quantitative estimate of drug-likeness (QED) is 0.594.